The van der Waals surface area contributed by atoms with Gasteiger partial charge in [0.15, 0.2) is 0 Å². The number of rotatable bonds is 0. The minimum absolute atomic E-state index is 0. The normalized spacial score (nSPS) is 21.4. The number of allylic oxidation sites excluding steroid dienone is 4. The molecule has 0 atom stereocenters. The second kappa shape index (κ2) is 3.25. The maximum Gasteiger partial charge on any atom is 0 e. The monoisotopic (exact) mass is 322 g/mol. The van der Waals surface area contributed by atoms with Gasteiger partial charge in [-0.15, -0.1) is 6.92 Å². The van der Waals surface area contributed by atoms with Crippen molar-refractivity contribution in [1.82, 2.24) is 0 Å². The van der Waals surface area contributed by atoms with Gasteiger partial charge >= 0.3 is 0 Å². The number of hydrogen-bond acceptors (Lipinski definition) is 0. The van der Waals surface area contributed by atoms with E-state index in [4.69, 9.17) is 0 Å². The second-order valence-electron chi connectivity index (χ2n) is 3.62. The van der Waals surface area contributed by atoms with E-state index in [1.54, 1.807) is 0 Å². The summed E-state index contributed by atoms with van der Waals surface area (Å²) in [6.07, 6.45) is 3.44. The summed E-state index contributed by atoms with van der Waals surface area (Å²) >= 11 is 0. The molecule has 1 radical (unpaired) electrons. The molecule has 0 N–H and O–H groups in total. The van der Waals surface area contributed by atoms with Crippen molar-refractivity contribution in [2.45, 2.75) is 34.6 Å². The molecule has 0 aromatic heterocycles. The van der Waals surface area contributed by atoms with Crippen molar-refractivity contribution in [2.24, 2.45) is 5.41 Å². The minimum Gasteiger partial charge on any atom is -0.263 e. The number of hydrogen-bond donors (Lipinski definition) is 0. The molecule has 0 bridgehead atoms. The van der Waals surface area contributed by atoms with Crippen molar-refractivity contribution in [3.8, 4) is 0 Å². The third-order valence-corrected chi connectivity index (χ3v) is 2.56. The molecular formula is C10H15Re-. The Morgan fingerprint density at radius 3 is 1.64 bits per heavy atom. The summed E-state index contributed by atoms with van der Waals surface area (Å²) in [5.41, 5.74) is 4.39. The molecule has 63 valence electrons. The summed E-state index contributed by atoms with van der Waals surface area (Å²) in [6.45, 7) is 10.9. The van der Waals surface area contributed by atoms with Crippen molar-refractivity contribution in [1.29, 1.82) is 0 Å². The van der Waals surface area contributed by atoms with Crippen LogP contribution in [-0.4, -0.2) is 0 Å². The maximum absolute atomic E-state index is 3.44. The molecule has 1 aliphatic rings. The van der Waals surface area contributed by atoms with E-state index in [-0.39, 0.29) is 25.8 Å². The van der Waals surface area contributed by atoms with Crippen LogP contribution < -0.4 is 0 Å². The van der Waals surface area contributed by atoms with Gasteiger partial charge in [0, 0.05) is 20.4 Å². The van der Waals surface area contributed by atoms with Gasteiger partial charge in [-0.3, -0.25) is 6.08 Å². The quantitative estimate of drug-likeness (QED) is 0.602. The second-order valence-corrected chi connectivity index (χ2v) is 3.62. The Labute approximate surface area is 83.4 Å². The zero-order chi connectivity index (χ0) is 7.94. The van der Waals surface area contributed by atoms with Gasteiger partial charge in [-0.05, 0) is 0 Å². The predicted molar refractivity (Wildman–Crippen MR) is 44.6 cm³/mol. The van der Waals surface area contributed by atoms with Gasteiger partial charge < -0.3 is 0 Å². The van der Waals surface area contributed by atoms with Crippen molar-refractivity contribution in [2.75, 3.05) is 0 Å². The van der Waals surface area contributed by atoms with Gasteiger partial charge in [-0.1, -0.05) is 33.1 Å². The molecule has 0 saturated carbocycles. The molecule has 0 fully saturated rings. The van der Waals surface area contributed by atoms with E-state index in [0.29, 0.717) is 0 Å². The van der Waals surface area contributed by atoms with E-state index in [1.807, 2.05) is 0 Å². The van der Waals surface area contributed by atoms with Crippen LogP contribution in [0.3, 0.4) is 0 Å². The van der Waals surface area contributed by atoms with Crippen LogP contribution in [0.5, 0.6) is 0 Å². The van der Waals surface area contributed by atoms with E-state index in [0.717, 1.165) is 0 Å². The minimum atomic E-state index is 0. The SMILES string of the molecule is CC1=[C-]C(C)(C)C(C)=C1C.[Re]. The van der Waals surface area contributed by atoms with Gasteiger partial charge in [-0.2, -0.15) is 11.1 Å². The van der Waals surface area contributed by atoms with E-state index in [1.165, 1.54) is 16.7 Å². The van der Waals surface area contributed by atoms with Gasteiger partial charge in [0.1, 0.15) is 0 Å². The van der Waals surface area contributed by atoms with Gasteiger partial charge in [0.05, 0.1) is 0 Å². The van der Waals surface area contributed by atoms with Crippen molar-refractivity contribution < 1.29 is 20.4 Å². The Kier molecular flexibility index (Phi) is 3.30. The van der Waals surface area contributed by atoms with Crippen LogP contribution in [0.4, 0.5) is 0 Å². The molecule has 0 nitrogen and oxygen atoms in total. The van der Waals surface area contributed by atoms with Crippen LogP contribution in [0.25, 0.3) is 0 Å². The van der Waals surface area contributed by atoms with Crippen molar-refractivity contribution >= 4 is 0 Å². The first-order chi connectivity index (χ1) is 4.45. The molecule has 0 aromatic carbocycles. The summed E-state index contributed by atoms with van der Waals surface area (Å²) in [7, 11) is 0. The first-order valence-corrected chi connectivity index (χ1v) is 3.75. The van der Waals surface area contributed by atoms with Crippen LogP contribution >= 0.6 is 0 Å². The van der Waals surface area contributed by atoms with Crippen LogP contribution in [0, 0.1) is 11.5 Å². The summed E-state index contributed by atoms with van der Waals surface area (Å²) in [5, 5.41) is 0. The molecule has 1 rings (SSSR count). The molecule has 0 aliphatic heterocycles. The third kappa shape index (κ3) is 1.84. The van der Waals surface area contributed by atoms with Crippen LogP contribution in [0.15, 0.2) is 16.7 Å². The topological polar surface area (TPSA) is 0 Å². The Balaban J connectivity index is 0.000001000. The maximum atomic E-state index is 3.44. The molecule has 0 saturated heterocycles. The zero-order valence-electron chi connectivity index (χ0n) is 7.88. The van der Waals surface area contributed by atoms with Gasteiger partial charge in [-0.25, -0.2) is 5.57 Å². The summed E-state index contributed by atoms with van der Waals surface area (Å²) in [6, 6.07) is 0. The molecule has 0 amide bonds. The smallest absolute Gasteiger partial charge is 0 e. The van der Waals surface area contributed by atoms with Crippen LogP contribution in [0.2, 0.25) is 0 Å². The standard InChI is InChI=1S/C10H15.Re/c1-7-6-10(4,5)9(3)8(7)2;/h1-5H3;/q-1;. The van der Waals surface area contributed by atoms with E-state index >= 15 is 0 Å². The summed E-state index contributed by atoms with van der Waals surface area (Å²) in [5.74, 6) is 0. The molecule has 0 unspecified atom stereocenters. The van der Waals surface area contributed by atoms with Crippen molar-refractivity contribution in [3.05, 3.63) is 22.8 Å². The Morgan fingerprint density at radius 2 is 1.55 bits per heavy atom. The largest absolute Gasteiger partial charge is 0.263 e. The van der Waals surface area contributed by atoms with E-state index < -0.39 is 0 Å². The average Bonchev–Trinajstić information content (AvgIpc) is 1.95. The Bertz CT molecular complexity index is 219. The van der Waals surface area contributed by atoms with Gasteiger partial charge in [0.25, 0.3) is 0 Å². The first kappa shape index (κ1) is 11.1. The fourth-order valence-corrected chi connectivity index (χ4v) is 1.41. The Morgan fingerprint density at radius 1 is 1.09 bits per heavy atom. The summed E-state index contributed by atoms with van der Waals surface area (Å²) in [4.78, 5) is 0. The van der Waals surface area contributed by atoms with Gasteiger partial charge in [0.2, 0.25) is 0 Å². The summed E-state index contributed by atoms with van der Waals surface area (Å²) < 4.78 is 0. The van der Waals surface area contributed by atoms with E-state index in [9.17, 15) is 0 Å². The average molecular weight is 321 g/mol. The van der Waals surface area contributed by atoms with E-state index in [2.05, 4.69) is 40.7 Å². The third-order valence-electron chi connectivity index (χ3n) is 2.56. The van der Waals surface area contributed by atoms with Crippen molar-refractivity contribution in [3.63, 3.8) is 0 Å². The predicted octanol–water partition coefficient (Wildman–Crippen LogP) is 3.11. The molecule has 1 heteroatoms. The molecule has 11 heavy (non-hydrogen) atoms. The zero-order valence-corrected chi connectivity index (χ0v) is 10.6. The molecule has 1 aliphatic carbocycles. The fourth-order valence-electron chi connectivity index (χ4n) is 1.41. The Hall–Kier alpha value is 0.142. The molecular weight excluding hydrogens is 306 g/mol. The van der Waals surface area contributed by atoms with Crippen LogP contribution in [0.1, 0.15) is 34.6 Å². The molecule has 0 aromatic rings. The molecule has 0 heterocycles. The van der Waals surface area contributed by atoms with Crippen LogP contribution in [-0.2, 0) is 20.4 Å². The fraction of sp³-hybridized carbons (Fsp3) is 0.600. The first-order valence-electron chi connectivity index (χ1n) is 3.75. The molecule has 0 spiro atoms.